The van der Waals surface area contributed by atoms with Gasteiger partial charge in [-0.25, -0.2) is 15.8 Å². The number of anilines is 1. The summed E-state index contributed by atoms with van der Waals surface area (Å²) in [6, 6.07) is 12.2. The minimum Gasteiger partial charge on any atom is -0.308 e. The minimum absolute atomic E-state index is 0.236. The summed E-state index contributed by atoms with van der Waals surface area (Å²) >= 11 is 1.94. The lowest BCUT2D eigenvalue weighted by Gasteiger charge is -2.31. The lowest BCUT2D eigenvalue weighted by atomic mass is 10.1. The monoisotopic (exact) mass is 301 g/mol. The fourth-order valence-electron chi connectivity index (χ4n) is 2.40. The number of benzene rings is 1. The fraction of sp³-hybridized carbons (Fsp3) is 0.333. The van der Waals surface area contributed by atoms with Gasteiger partial charge in [-0.3, -0.25) is 4.90 Å². The Balaban J connectivity index is 2.01. The van der Waals surface area contributed by atoms with Gasteiger partial charge in [0, 0.05) is 29.7 Å². The molecule has 1 fully saturated rings. The Morgan fingerprint density at radius 2 is 2.10 bits per heavy atom. The van der Waals surface area contributed by atoms with Gasteiger partial charge in [-0.2, -0.15) is 11.8 Å². The molecular weight excluding hydrogens is 282 g/mol. The normalized spacial score (nSPS) is 19.4. The molecule has 5 nitrogen and oxygen atoms in total. The van der Waals surface area contributed by atoms with Crippen molar-refractivity contribution in [2.75, 3.05) is 30.5 Å². The SMILES string of the molecule is CN1CCSCC1c1nc(NN)cc(-c2ccccc2)n1. The largest absolute Gasteiger partial charge is 0.308 e. The van der Waals surface area contributed by atoms with Gasteiger partial charge in [-0.1, -0.05) is 30.3 Å². The summed E-state index contributed by atoms with van der Waals surface area (Å²) in [5, 5.41) is 0. The van der Waals surface area contributed by atoms with Gasteiger partial charge in [0.2, 0.25) is 0 Å². The molecule has 0 spiro atoms. The van der Waals surface area contributed by atoms with Gasteiger partial charge in [-0.15, -0.1) is 0 Å². The van der Waals surface area contributed by atoms with Crippen LogP contribution in [-0.2, 0) is 0 Å². The maximum atomic E-state index is 5.57. The quantitative estimate of drug-likeness (QED) is 0.669. The Kier molecular flexibility index (Phi) is 4.38. The number of thioether (sulfide) groups is 1. The molecule has 0 bridgehead atoms. The second-order valence-electron chi connectivity index (χ2n) is 5.08. The van der Waals surface area contributed by atoms with Crippen LogP contribution in [0.5, 0.6) is 0 Å². The van der Waals surface area contributed by atoms with Crippen LogP contribution in [-0.4, -0.2) is 40.0 Å². The van der Waals surface area contributed by atoms with Gasteiger partial charge in [0.05, 0.1) is 11.7 Å². The molecule has 0 radical (unpaired) electrons. The van der Waals surface area contributed by atoms with Gasteiger partial charge in [0.15, 0.2) is 0 Å². The molecular formula is C15H19N5S. The second kappa shape index (κ2) is 6.43. The average molecular weight is 301 g/mol. The second-order valence-corrected chi connectivity index (χ2v) is 6.23. The smallest absolute Gasteiger partial charge is 0.149 e. The zero-order chi connectivity index (χ0) is 14.7. The van der Waals surface area contributed by atoms with E-state index in [0.29, 0.717) is 5.82 Å². The molecule has 110 valence electrons. The van der Waals surface area contributed by atoms with E-state index in [-0.39, 0.29) is 6.04 Å². The predicted octanol–water partition coefficient (Wildman–Crippen LogP) is 2.15. The zero-order valence-electron chi connectivity index (χ0n) is 12.0. The van der Waals surface area contributed by atoms with E-state index in [2.05, 4.69) is 22.4 Å². The number of hydrazine groups is 1. The molecule has 1 saturated heterocycles. The van der Waals surface area contributed by atoms with Gasteiger partial charge < -0.3 is 5.43 Å². The third kappa shape index (κ3) is 3.18. The van der Waals surface area contributed by atoms with Crippen molar-refractivity contribution >= 4 is 17.6 Å². The van der Waals surface area contributed by atoms with Crippen molar-refractivity contribution in [1.82, 2.24) is 14.9 Å². The van der Waals surface area contributed by atoms with Crippen molar-refractivity contribution in [2.24, 2.45) is 5.84 Å². The first kappa shape index (κ1) is 14.3. The van der Waals surface area contributed by atoms with Crippen LogP contribution in [0.25, 0.3) is 11.3 Å². The Bertz CT molecular complexity index is 604. The molecule has 2 aromatic rings. The summed E-state index contributed by atoms with van der Waals surface area (Å²) in [5.74, 6) is 9.23. The highest BCUT2D eigenvalue weighted by molar-refractivity contribution is 7.99. The number of rotatable bonds is 3. The molecule has 1 aliphatic heterocycles. The number of hydrogen-bond donors (Lipinski definition) is 2. The van der Waals surface area contributed by atoms with Crippen LogP contribution >= 0.6 is 11.8 Å². The summed E-state index contributed by atoms with van der Waals surface area (Å²) in [6.45, 7) is 1.06. The minimum atomic E-state index is 0.236. The van der Waals surface area contributed by atoms with Crippen LogP contribution in [0.4, 0.5) is 5.82 Å². The van der Waals surface area contributed by atoms with Crippen LogP contribution in [0.2, 0.25) is 0 Å². The van der Waals surface area contributed by atoms with E-state index >= 15 is 0 Å². The van der Waals surface area contributed by atoms with Crippen molar-refractivity contribution in [1.29, 1.82) is 0 Å². The van der Waals surface area contributed by atoms with E-state index in [1.807, 2.05) is 48.2 Å². The van der Waals surface area contributed by atoms with E-state index in [9.17, 15) is 0 Å². The van der Waals surface area contributed by atoms with Crippen LogP contribution < -0.4 is 11.3 Å². The first-order valence-electron chi connectivity index (χ1n) is 6.97. The summed E-state index contributed by atoms with van der Waals surface area (Å²) in [5.41, 5.74) is 4.63. The molecule has 3 N–H and O–H groups in total. The van der Waals surface area contributed by atoms with Crippen LogP contribution in [0, 0.1) is 0 Å². The number of nitrogens with zero attached hydrogens (tertiary/aromatic N) is 3. The molecule has 1 unspecified atom stereocenters. The number of nitrogens with one attached hydrogen (secondary N) is 1. The highest BCUT2D eigenvalue weighted by Gasteiger charge is 2.24. The molecule has 1 atom stereocenters. The first-order valence-corrected chi connectivity index (χ1v) is 8.12. The molecule has 2 heterocycles. The molecule has 1 aliphatic rings. The third-order valence-corrected chi connectivity index (χ3v) is 4.68. The maximum absolute atomic E-state index is 5.57. The zero-order valence-corrected chi connectivity index (χ0v) is 12.8. The van der Waals surface area contributed by atoms with E-state index in [1.165, 1.54) is 0 Å². The summed E-state index contributed by atoms with van der Waals surface area (Å²) < 4.78 is 0. The Labute approximate surface area is 128 Å². The van der Waals surface area contributed by atoms with Crippen molar-refractivity contribution in [3.63, 3.8) is 0 Å². The highest BCUT2D eigenvalue weighted by Crippen LogP contribution is 2.28. The molecule has 1 aromatic carbocycles. The summed E-state index contributed by atoms with van der Waals surface area (Å²) in [7, 11) is 2.12. The molecule has 21 heavy (non-hydrogen) atoms. The van der Waals surface area contributed by atoms with Crippen LogP contribution in [0.1, 0.15) is 11.9 Å². The first-order chi connectivity index (χ1) is 10.3. The van der Waals surface area contributed by atoms with Crippen molar-refractivity contribution in [3.05, 3.63) is 42.2 Å². The number of hydrogen-bond acceptors (Lipinski definition) is 6. The van der Waals surface area contributed by atoms with E-state index in [0.717, 1.165) is 35.1 Å². The molecule has 0 amide bonds. The van der Waals surface area contributed by atoms with E-state index in [4.69, 9.17) is 10.8 Å². The van der Waals surface area contributed by atoms with E-state index < -0.39 is 0 Å². The molecule has 0 saturated carbocycles. The van der Waals surface area contributed by atoms with Crippen molar-refractivity contribution in [2.45, 2.75) is 6.04 Å². The number of nitrogens with two attached hydrogens (primary N) is 1. The van der Waals surface area contributed by atoms with Gasteiger partial charge in [0.1, 0.15) is 11.6 Å². The summed E-state index contributed by atoms with van der Waals surface area (Å²) in [4.78, 5) is 11.6. The molecule has 1 aromatic heterocycles. The van der Waals surface area contributed by atoms with Crippen molar-refractivity contribution < 1.29 is 0 Å². The van der Waals surface area contributed by atoms with Crippen LogP contribution in [0.3, 0.4) is 0 Å². The molecule has 3 rings (SSSR count). The van der Waals surface area contributed by atoms with E-state index in [1.54, 1.807) is 0 Å². The average Bonchev–Trinajstić information content (AvgIpc) is 2.55. The van der Waals surface area contributed by atoms with Gasteiger partial charge in [0.25, 0.3) is 0 Å². The Morgan fingerprint density at radius 1 is 1.29 bits per heavy atom. The third-order valence-electron chi connectivity index (χ3n) is 3.66. The predicted molar refractivity (Wildman–Crippen MR) is 88.0 cm³/mol. The van der Waals surface area contributed by atoms with Gasteiger partial charge in [-0.05, 0) is 7.05 Å². The number of aromatic nitrogens is 2. The van der Waals surface area contributed by atoms with Crippen molar-refractivity contribution in [3.8, 4) is 11.3 Å². The number of nitrogen functional groups attached to an aromatic ring is 1. The van der Waals surface area contributed by atoms with Crippen LogP contribution in [0.15, 0.2) is 36.4 Å². The standard InChI is InChI=1S/C15H19N5S/c1-20-7-8-21-10-13(20)15-17-12(9-14(18-15)19-16)11-5-3-2-4-6-11/h2-6,9,13H,7-8,10,16H2,1H3,(H,17,18,19). The lowest BCUT2D eigenvalue weighted by molar-refractivity contribution is 0.265. The van der Waals surface area contributed by atoms with Gasteiger partial charge >= 0.3 is 0 Å². The lowest BCUT2D eigenvalue weighted by Crippen LogP contribution is -2.34. The maximum Gasteiger partial charge on any atom is 0.149 e. The fourth-order valence-corrected chi connectivity index (χ4v) is 3.61. The molecule has 0 aliphatic carbocycles. The molecule has 6 heteroatoms. The Morgan fingerprint density at radius 3 is 2.81 bits per heavy atom. The highest BCUT2D eigenvalue weighted by atomic mass is 32.2. The topological polar surface area (TPSA) is 67.1 Å². The summed E-state index contributed by atoms with van der Waals surface area (Å²) in [6.07, 6.45) is 0. The Hall–Kier alpha value is -1.63.